The summed E-state index contributed by atoms with van der Waals surface area (Å²) in [5.41, 5.74) is 19.5. The molecule has 1 atom stereocenters. The van der Waals surface area contributed by atoms with Gasteiger partial charge in [-0.3, -0.25) is 4.57 Å². The van der Waals surface area contributed by atoms with Crippen LogP contribution < -0.4 is 32.2 Å². The number of benzene rings is 5. The van der Waals surface area contributed by atoms with Crippen molar-refractivity contribution in [1.29, 1.82) is 0 Å². The average Bonchev–Trinajstić information content (AvgIpc) is 3.64. The highest BCUT2D eigenvalue weighted by molar-refractivity contribution is 6.68. The van der Waals surface area contributed by atoms with Gasteiger partial charge in [-0.05, 0) is 47.9 Å². The minimum absolute atomic E-state index is 0.00814. The predicted octanol–water partition coefficient (Wildman–Crippen LogP) is -2.08. The van der Waals surface area contributed by atoms with Crippen LogP contribution in [-0.2, 0) is 0 Å². The molecule has 1 unspecified atom stereocenters. The second kappa shape index (κ2) is 17.4. The number of para-hydroxylation sites is 1. The summed E-state index contributed by atoms with van der Waals surface area (Å²) in [7, 11) is 21.2. The highest BCUT2D eigenvalue weighted by atomic mass is 16.3. The van der Waals surface area contributed by atoms with Crippen molar-refractivity contribution < 1.29 is 5.11 Å². The third-order valence-electron chi connectivity index (χ3n) is 13.7. The van der Waals surface area contributed by atoms with E-state index in [-0.39, 0.29) is 6.61 Å². The number of allylic oxidation sites excluding steroid dienone is 8. The molecule has 294 valence electrons. The summed E-state index contributed by atoms with van der Waals surface area (Å²) in [6, 6.07) is 32.8. The summed E-state index contributed by atoms with van der Waals surface area (Å²) in [5, 5.41) is 12.2. The molecule has 62 heavy (non-hydrogen) atoms. The lowest BCUT2D eigenvalue weighted by Gasteiger charge is -2.24. The molecule has 2 aromatic heterocycles. The van der Waals surface area contributed by atoms with Crippen LogP contribution in [0.15, 0.2) is 144 Å². The molecular weight excluding hydrogens is 748 g/mol. The Labute approximate surface area is 374 Å². The molecule has 0 fully saturated rings. The Balaban J connectivity index is 1.41. The highest BCUT2D eigenvalue weighted by Crippen LogP contribution is 2.42. The van der Waals surface area contributed by atoms with E-state index in [1.165, 1.54) is 22.0 Å². The van der Waals surface area contributed by atoms with Gasteiger partial charge in [0.2, 0.25) is 5.95 Å². The van der Waals surface area contributed by atoms with Gasteiger partial charge in [-0.25, -0.2) is 4.98 Å². The maximum absolute atomic E-state index is 10.00. The molecule has 1 aliphatic carbocycles. The first-order valence-corrected chi connectivity index (χ1v) is 21.6. The number of aromatic nitrogens is 4. The lowest BCUT2D eigenvalue weighted by atomic mass is 9.60. The molecule has 0 aliphatic heterocycles. The van der Waals surface area contributed by atoms with Crippen LogP contribution in [0.25, 0.3) is 55.8 Å². The Morgan fingerprint density at radius 3 is 2.05 bits per heavy atom. The minimum Gasteiger partial charge on any atom is -0.393 e. The third kappa shape index (κ3) is 7.62. The van der Waals surface area contributed by atoms with Gasteiger partial charge >= 0.3 is 0 Å². The standard InChI is InChI=1S/C47H48B9N5O/c1-24(37(49)41(53)38(50)32(48)23-62)45-57-46(36-39(51)42(54)44(56)43(55)40(36)52)59-47(58-45)61-33-16-10-9-15-29(33)31-21-30(27-13-7-4-8-14-27)34(22-35(31)61)60(2)28-19-17-26(18-20-28)25-11-5-3-6-12-25/h3-11,13-22,25,62H,1,12,23,48-56H2,2H3/b38-32-,41-37-. The molecule has 2 heterocycles. The van der Waals surface area contributed by atoms with E-state index in [1.54, 1.807) is 0 Å². The number of aliphatic hydroxyl groups is 1. The number of aliphatic hydroxyl groups excluding tert-OH is 1. The van der Waals surface area contributed by atoms with Crippen molar-refractivity contribution in [2.75, 3.05) is 18.6 Å². The molecule has 15 heteroatoms. The van der Waals surface area contributed by atoms with Crippen molar-refractivity contribution in [2.24, 2.45) is 0 Å². The van der Waals surface area contributed by atoms with Crippen LogP contribution in [0.2, 0.25) is 0 Å². The fourth-order valence-electron chi connectivity index (χ4n) is 8.92. The van der Waals surface area contributed by atoms with Crippen LogP contribution in [0.5, 0.6) is 0 Å². The molecule has 7 aromatic rings. The maximum atomic E-state index is 10.00. The summed E-state index contributed by atoms with van der Waals surface area (Å²) < 4.78 is 2.20. The van der Waals surface area contributed by atoms with Gasteiger partial charge in [-0.15, -0.1) is 27.3 Å². The molecule has 8 rings (SSSR count). The predicted molar refractivity (Wildman–Crippen MR) is 290 cm³/mol. The quantitative estimate of drug-likeness (QED) is 0.128. The Hall–Kier alpha value is -6.05. The summed E-state index contributed by atoms with van der Waals surface area (Å²) in [4.78, 5) is 18.3. The van der Waals surface area contributed by atoms with Crippen LogP contribution >= 0.6 is 0 Å². The SMILES string of the molecule is B/C(CO)=C(B)/C(B)=C(/B)C(=C)c1nc(-c2c(B)c(B)c(B)c(B)c2B)nc(-n2c3ccccc3c3cc(-c4ccccc4)c(N(C)c4ccc(C5C=CC=CC5)cc4)cc32)n1. The molecular formula is C47H48B9N5O. The third-order valence-corrected chi connectivity index (χ3v) is 13.7. The van der Waals surface area contributed by atoms with E-state index in [0.717, 1.165) is 89.1 Å². The van der Waals surface area contributed by atoms with E-state index in [0.29, 0.717) is 29.1 Å². The van der Waals surface area contributed by atoms with Crippen LogP contribution in [0.4, 0.5) is 11.4 Å². The Bertz CT molecular complexity index is 3040. The van der Waals surface area contributed by atoms with Crippen LogP contribution in [-0.4, -0.2) is 109 Å². The first-order chi connectivity index (χ1) is 29.8. The van der Waals surface area contributed by atoms with Crippen LogP contribution in [0.1, 0.15) is 23.7 Å². The average molecular weight is 796 g/mol. The van der Waals surface area contributed by atoms with E-state index in [1.807, 2.05) is 15.7 Å². The zero-order valence-corrected chi connectivity index (χ0v) is 37.9. The van der Waals surface area contributed by atoms with Gasteiger partial charge in [0.15, 0.2) is 11.6 Å². The van der Waals surface area contributed by atoms with Crippen molar-refractivity contribution in [3.8, 4) is 28.5 Å². The molecule has 0 bridgehead atoms. The normalized spacial score (nSPS) is 14.5. The van der Waals surface area contributed by atoms with E-state index in [9.17, 15) is 5.11 Å². The smallest absolute Gasteiger partial charge is 0.238 e. The lowest BCUT2D eigenvalue weighted by molar-refractivity contribution is 0.338. The van der Waals surface area contributed by atoms with E-state index in [4.69, 9.17) is 15.0 Å². The van der Waals surface area contributed by atoms with Crippen LogP contribution in [0, 0.1) is 0 Å². The molecule has 0 saturated carbocycles. The molecule has 0 saturated heterocycles. The van der Waals surface area contributed by atoms with Crippen molar-refractivity contribution in [3.63, 3.8) is 0 Å². The lowest BCUT2D eigenvalue weighted by Crippen LogP contribution is -2.55. The van der Waals surface area contributed by atoms with Gasteiger partial charge in [0.1, 0.15) is 70.6 Å². The first-order valence-electron chi connectivity index (χ1n) is 21.6. The van der Waals surface area contributed by atoms with Gasteiger partial charge in [0, 0.05) is 46.1 Å². The molecule has 6 nitrogen and oxygen atoms in total. The van der Waals surface area contributed by atoms with Gasteiger partial charge < -0.3 is 10.0 Å². The number of hydrogen-bond donors (Lipinski definition) is 1. The molecule has 0 amide bonds. The second-order valence-corrected chi connectivity index (χ2v) is 17.0. The maximum Gasteiger partial charge on any atom is 0.238 e. The summed E-state index contributed by atoms with van der Waals surface area (Å²) >= 11 is 0. The second-order valence-electron chi connectivity index (χ2n) is 17.0. The van der Waals surface area contributed by atoms with Gasteiger partial charge in [-0.1, -0.05) is 113 Å². The number of nitrogens with zero attached hydrogens (tertiary/aromatic N) is 5. The van der Waals surface area contributed by atoms with Crippen molar-refractivity contribution in [2.45, 2.75) is 12.3 Å². The van der Waals surface area contributed by atoms with E-state index < -0.39 is 0 Å². The number of hydrogen-bond acceptors (Lipinski definition) is 5. The first kappa shape index (κ1) is 42.6. The van der Waals surface area contributed by atoms with E-state index in [2.05, 4.69) is 193 Å². The molecule has 0 radical (unpaired) electrons. The molecule has 1 N–H and O–H groups in total. The largest absolute Gasteiger partial charge is 0.393 e. The topological polar surface area (TPSA) is 67.1 Å². The fraction of sp³-hybridized carbons (Fsp3) is 0.0851. The van der Waals surface area contributed by atoms with Crippen molar-refractivity contribution in [1.82, 2.24) is 19.5 Å². The Morgan fingerprint density at radius 2 is 1.39 bits per heavy atom. The van der Waals surface area contributed by atoms with Crippen molar-refractivity contribution >= 4 is 137 Å². The van der Waals surface area contributed by atoms with Gasteiger partial charge in [0.25, 0.3) is 0 Å². The number of rotatable bonds is 10. The van der Waals surface area contributed by atoms with E-state index >= 15 is 0 Å². The van der Waals surface area contributed by atoms with Crippen LogP contribution in [0.3, 0.4) is 0 Å². The zero-order valence-electron chi connectivity index (χ0n) is 37.9. The fourth-order valence-corrected chi connectivity index (χ4v) is 8.92. The molecule has 1 aliphatic rings. The van der Waals surface area contributed by atoms with Gasteiger partial charge in [-0.2, -0.15) is 9.97 Å². The summed E-state index contributed by atoms with van der Waals surface area (Å²) in [5.74, 6) is 2.03. The van der Waals surface area contributed by atoms with Crippen molar-refractivity contribution in [3.05, 3.63) is 155 Å². The molecule has 0 spiro atoms. The highest BCUT2D eigenvalue weighted by Gasteiger charge is 2.24. The zero-order chi connectivity index (χ0) is 44.0. The summed E-state index contributed by atoms with van der Waals surface area (Å²) in [6.07, 6.45) is 9.80. The Kier molecular flexibility index (Phi) is 11.9. The van der Waals surface area contributed by atoms with Gasteiger partial charge in [0.05, 0.1) is 23.3 Å². The Morgan fingerprint density at radius 1 is 0.726 bits per heavy atom. The number of fused-ring (bicyclic) bond motifs is 3. The minimum atomic E-state index is -0.00814. The molecule has 5 aromatic carbocycles. The number of anilines is 2. The monoisotopic (exact) mass is 797 g/mol. The summed E-state index contributed by atoms with van der Waals surface area (Å²) in [6.45, 7) is 4.61.